The van der Waals surface area contributed by atoms with Gasteiger partial charge in [0.1, 0.15) is 0 Å². The number of rotatable bonds is 8. The molecule has 0 atom stereocenters. The van der Waals surface area contributed by atoms with Gasteiger partial charge in [-0.25, -0.2) is 4.99 Å². The van der Waals surface area contributed by atoms with Crippen molar-refractivity contribution in [3.8, 4) is 5.88 Å². The number of aromatic amines is 1. The summed E-state index contributed by atoms with van der Waals surface area (Å²) in [4.78, 5) is 21.0. The summed E-state index contributed by atoms with van der Waals surface area (Å²) in [6.45, 7) is 0.786. The van der Waals surface area contributed by atoms with Crippen molar-refractivity contribution in [2.75, 3.05) is 14.1 Å². The third-order valence-electron chi connectivity index (χ3n) is 5.48. The number of aliphatic carboxylic acids is 1. The Morgan fingerprint density at radius 2 is 1.79 bits per heavy atom. The summed E-state index contributed by atoms with van der Waals surface area (Å²) in [6.07, 6.45) is 0.522. The third-order valence-corrected chi connectivity index (χ3v) is 5.72. The first-order valence-electron chi connectivity index (χ1n) is 10.9. The van der Waals surface area contributed by atoms with Gasteiger partial charge in [-0.1, -0.05) is 54.1 Å². The molecule has 0 aliphatic rings. The Bertz CT molecular complexity index is 1360. The van der Waals surface area contributed by atoms with Crippen LogP contribution < -0.4 is 0 Å². The Morgan fingerprint density at radius 3 is 2.50 bits per heavy atom. The van der Waals surface area contributed by atoms with Crippen LogP contribution in [0.5, 0.6) is 5.88 Å². The van der Waals surface area contributed by atoms with Gasteiger partial charge in [0.05, 0.1) is 22.5 Å². The number of nitrogens with one attached hydrogen (secondary N) is 1. The molecule has 7 heteroatoms. The first-order valence-corrected chi connectivity index (χ1v) is 11.3. The van der Waals surface area contributed by atoms with E-state index in [9.17, 15) is 9.90 Å². The van der Waals surface area contributed by atoms with Crippen molar-refractivity contribution in [2.45, 2.75) is 19.4 Å². The van der Waals surface area contributed by atoms with Crippen molar-refractivity contribution < 1.29 is 15.0 Å². The van der Waals surface area contributed by atoms with Crippen molar-refractivity contribution in [1.29, 1.82) is 0 Å². The molecule has 0 fully saturated rings. The Balaban J connectivity index is 1.83. The van der Waals surface area contributed by atoms with E-state index >= 15 is 0 Å². The van der Waals surface area contributed by atoms with Gasteiger partial charge in [-0.3, -0.25) is 4.79 Å². The average Bonchev–Trinajstić information content (AvgIpc) is 3.11. The first kappa shape index (κ1) is 23.5. The average molecular weight is 476 g/mol. The molecule has 1 aromatic heterocycles. The van der Waals surface area contributed by atoms with Gasteiger partial charge in [0.15, 0.2) is 5.88 Å². The van der Waals surface area contributed by atoms with Crippen molar-refractivity contribution in [1.82, 2.24) is 9.88 Å². The number of H-pyrrole nitrogens is 1. The SMILES string of the molecule is CN(C)Cc1cccc(N=C(c2ccc(CCC(=O)O)cc2)c2c(O)[nH]c3cc(Cl)ccc23)c1. The predicted molar refractivity (Wildman–Crippen MR) is 137 cm³/mol. The van der Waals surface area contributed by atoms with Crippen molar-refractivity contribution >= 4 is 39.9 Å². The fraction of sp³-hybridized carbons (Fsp3) is 0.185. The molecule has 0 spiro atoms. The van der Waals surface area contributed by atoms with Crippen molar-refractivity contribution in [3.63, 3.8) is 0 Å². The molecule has 0 aliphatic carbocycles. The van der Waals surface area contributed by atoms with E-state index in [1.54, 1.807) is 12.1 Å². The van der Waals surface area contributed by atoms with Crippen LogP contribution in [0.1, 0.15) is 28.7 Å². The summed E-state index contributed by atoms with van der Waals surface area (Å²) in [7, 11) is 4.03. The molecule has 0 bridgehead atoms. The monoisotopic (exact) mass is 475 g/mol. The number of halogens is 1. The van der Waals surface area contributed by atoms with Gasteiger partial charge in [-0.15, -0.1) is 0 Å². The van der Waals surface area contributed by atoms with Crippen LogP contribution in [0, 0.1) is 0 Å². The number of hydrogen-bond acceptors (Lipinski definition) is 4. The number of aromatic hydroxyl groups is 1. The highest BCUT2D eigenvalue weighted by Gasteiger charge is 2.19. The van der Waals surface area contributed by atoms with Crippen LogP contribution in [0.4, 0.5) is 5.69 Å². The van der Waals surface area contributed by atoms with E-state index in [1.165, 1.54) is 0 Å². The molecule has 174 valence electrons. The quantitative estimate of drug-likeness (QED) is 0.282. The smallest absolute Gasteiger partial charge is 0.303 e. The van der Waals surface area contributed by atoms with Gasteiger partial charge in [0.25, 0.3) is 0 Å². The fourth-order valence-electron chi connectivity index (χ4n) is 3.96. The van der Waals surface area contributed by atoms with Crippen LogP contribution in [0.3, 0.4) is 0 Å². The highest BCUT2D eigenvalue weighted by atomic mass is 35.5. The number of nitrogens with zero attached hydrogens (tertiary/aromatic N) is 2. The topological polar surface area (TPSA) is 88.9 Å². The molecule has 0 amide bonds. The van der Waals surface area contributed by atoms with E-state index in [-0.39, 0.29) is 12.3 Å². The van der Waals surface area contributed by atoms with E-state index < -0.39 is 5.97 Å². The molecular formula is C27H26ClN3O3. The fourth-order valence-corrected chi connectivity index (χ4v) is 4.13. The van der Waals surface area contributed by atoms with Gasteiger partial charge < -0.3 is 20.1 Å². The summed E-state index contributed by atoms with van der Waals surface area (Å²) in [6, 6.07) is 21.0. The van der Waals surface area contributed by atoms with Crippen molar-refractivity contribution in [3.05, 3.63) is 94.0 Å². The number of carboxylic acids is 1. The maximum Gasteiger partial charge on any atom is 0.303 e. The summed E-state index contributed by atoms with van der Waals surface area (Å²) in [5.41, 5.74) is 5.54. The number of benzene rings is 3. The minimum atomic E-state index is -0.827. The van der Waals surface area contributed by atoms with Crippen LogP contribution in [-0.4, -0.2) is 45.9 Å². The van der Waals surface area contributed by atoms with Crippen LogP contribution >= 0.6 is 11.6 Å². The number of aryl methyl sites for hydroxylation is 1. The Labute approximate surface area is 203 Å². The lowest BCUT2D eigenvalue weighted by atomic mass is 9.98. The standard InChI is InChI=1S/C27H26ClN3O3/c1-31(2)16-18-4-3-5-21(14-18)29-26(19-9-6-17(7-10-19)8-13-24(32)33)25-22-12-11-20(28)15-23(22)30-27(25)34/h3-7,9-12,14-15,30,34H,8,13,16H2,1-2H3,(H,32,33). The van der Waals surface area contributed by atoms with Crippen LogP contribution in [-0.2, 0) is 17.8 Å². The van der Waals surface area contributed by atoms with Crippen LogP contribution in [0.15, 0.2) is 71.7 Å². The summed E-state index contributed by atoms with van der Waals surface area (Å²) >= 11 is 6.16. The Hall–Kier alpha value is -3.61. The molecule has 3 aromatic carbocycles. The molecular weight excluding hydrogens is 450 g/mol. The lowest BCUT2D eigenvalue weighted by Gasteiger charge is -2.11. The third kappa shape index (κ3) is 5.47. The Kier molecular flexibility index (Phi) is 7.01. The number of carbonyl (C=O) groups is 1. The van der Waals surface area contributed by atoms with Gasteiger partial charge in [0.2, 0.25) is 0 Å². The van der Waals surface area contributed by atoms with Gasteiger partial charge in [0, 0.05) is 28.9 Å². The predicted octanol–water partition coefficient (Wildman–Crippen LogP) is 5.77. The van der Waals surface area contributed by atoms with E-state index in [1.807, 2.05) is 62.6 Å². The zero-order chi connectivity index (χ0) is 24.2. The molecule has 0 radical (unpaired) electrons. The molecule has 0 unspecified atom stereocenters. The first-order chi connectivity index (χ1) is 16.3. The largest absolute Gasteiger partial charge is 0.494 e. The van der Waals surface area contributed by atoms with E-state index in [0.717, 1.165) is 34.3 Å². The molecule has 3 N–H and O–H groups in total. The maximum absolute atomic E-state index is 10.9. The number of aliphatic imine (C=N–C) groups is 1. The van der Waals surface area contributed by atoms with Gasteiger partial charge in [-0.05, 0) is 55.9 Å². The minimum absolute atomic E-state index is 0.00964. The van der Waals surface area contributed by atoms with E-state index in [2.05, 4.69) is 16.0 Å². The highest BCUT2D eigenvalue weighted by molar-refractivity contribution is 6.31. The van der Waals surface area contributed by atoms with Crippen LogP contribution in [0.2, 0.25) is 5.02 Å². The van der Waals surface area contributed by atoms with Crippen molar-refractivity contribution in [2.24, 2.45) is 4.99 Å². The van der Waals surface area contributed by atoms with Crippen LogP contribution in [0.25, 0.3) is 10.9 Å². The van der Waals surface area contributed by atoms with E-state index in [0.29, 0.717) is 28.2 Å². The summed E-state index contributed by atoms with van der Waals surface area (Å²) in [5, 5.41) is 21.2. The molecule has 6 nitrogen and oxygen atoms in total. The Morgan fingerprint density at radius 1 is 1.03 bits per heavy atom. The second kappa shape index (κ2) is 10.1. The summed E-state index contributed by atoms with van der Waals surface area (Å²) < 4.78 is 0. The number of hydrogen-bond donors (Lipinski definition) is 3. The second-order valence-electron chi connectivity index (χ2n) is 8.50. The lowest BCUT2D eigenvalue weighted by Crippen LogP contribution is -2.10. The minimum Gasteiger partial charge on any atom is -0.494 e. The normalized spacial score (nSPS) is 11.9. The molecule has 4 rings (SSSR count). The molecule has 1 heterocycles. The lowest BCUT2D eigenvalue weighted by molar-refractivity contribution is -0.136. The number of carboxylic acid groups (broad SMARTS) is 1. The van der Waals surface area contributed by atoms with Gasteiger partial charge >= 0.3 is 5.97 Å². The van der Waals surface area contributed by atoms with E-state index in [4.69, 9.17) is 21.7 Å². The highest BCUT2D eigenvalue weighted by Crippen LogP contribution is 2.33. The zero-order valence-corrected chi connectivity index (χ0v) is 19.8. The second-order valence-corrected chi connectivity index (χ2v) is 8.93. The molecule has 4 aromatic rings. The molecule has 0 saturated heterocycles. The zero-order valence-electron chi connectivity index (χ0n) is 19.0. The number of fused-ring (bicyclic) bond motifs is 1. The molecule has 0 aliphatic heterocycles. The number of aromatic nitrogens is 1. The molecule has 34 heavy (non-hydrogen) atoms. The molecule has 0 saturated carbocycles. The van der Waals surface area contributed by atoms with Gasteiger partial charge in [-0.2, -0.15) is 0 Å². The maximum atomic E-state index is 10.9. The summed E-state index contributed by atoms with van der Waals surface area (Å²) in [5.74, 6) is -0.818.